The second-order valence-electron chi connectivity index (χ2n) is 40.1. The van der Waals surface area contributed by atoms with Crippen LogP contribution in [-0.4, -0.2) is 308 Å². The summed E-state index contributed by atoms with van der Waals surface area (Å²) >= 11 is 0. The van der Waals surface area contributed by atoms with E-state index in [1.807, 2.05) is 34.6 Å². The van der Waals surface area contributed by atoms with Gasteiger partial charge < -0.3 is 133 Å². The van der Waals surface area contributed by atoms with E-state index in [-0.39, 0.29) is 44.4 Å². The highest BCUT2D eigenvalue weighted by Crippen LogP contribution is 2.18. The molecule has 794 valence electrons. The summed E-state index contributed by atoms with van der Waals surface area (Å²) in [6.45, 7) is 42.9. The molecule has 0 spiro atoms. The van der Waals surface area contributed by atoms with Gasteiger partial charge >= 0.3 is 0 Å². The van der Waals surface area contributed by atoms with E-state index in [0.29, 0.717) is 123 Å². The van der Waals surface area contributed by atoms with Crippen molar-refractivity contribution in [3.63, 3.8) is 0 Å². The van der Waals surface area contributed by atoms with E-state index in [1.54, 1.807) is 0 Å². The Labute approximate surface area is 820 Å². The van der Waals surface area contributed by atoms with Crippen LogP contribution < -0.4 is 133 Å². The highest BCUT2D eigenvalue weighted by molar-refractivity contribution is 6.04. The summed E-state index contributed by atoms with van der Waals surface area (Å²) in [4.78, 5) is 286. The molecule has 0 radical (unpaired) electrons. The van der Waals surface area contributed by atoms with Gasteiger partial charge in [-0.1, -0.05) is 34.6 Å². The van der Waals surface area contributed by atoms with E-state index in [9.17, 15) is 101 Å². The molecular weight excluding hydrogens is 1800 g/mol. The molecule has 5 unspecified atom stereocenters. The SMILES string of the molecule is CCNCCCCC(NC(=O)C(C)(C)NC(C)=O)C(=O)NC(C)(C)C(=O)NCC(=O)NC(C)(C)C(=O)NC(CCCCNCC)C(=O)NC(C)(C)C(=O)NCC(=O)NC(C)(C)C(=O)NC(CCCCNCC)C(=O)NC(C)(C)C(=O)NCC(=O)NC(C)(C)C(=O)NC(CCCCNCC)C(=O)NC(C)(C)C(=O)NCC(=O)NC(C)(C)C(=O)NC(CCCCNCC)C(=O)NC(C)(C)C(=O)NCC(C)=O. The molecule has 0 aliphatic carbocycles. The van der Waals surface area contributed by atoms with E-state index in [1.165, 1.54) is 152 Å². The van der Waals surface area contributed by atoms with Crippen molar-refractivity contribution in [3.05, 3.63) is 0 Å². The van der Waals surface area contributed by atoms with Crippen LogP contribution in [0.3, 0.4) is 0 Å². The van der Waals surface area contributed by atoms with Crippen molar-refractivity contribution in [2.75, 3.05) is 98.2 Å². The van der Waals surface area contributed by atoms with Gasteiger partial charge in [-0.2, -0.15) is 0 Å². The monoisotopic (exact) mass is 1970 g/mol. The van der Waals surface area contributed by atoms with Crippen molar-refractivity contribution in [2.24, 2.45) is 0 Å². The fraction of sp³-hybridized carbons (Fsp3) is 0.774. The molecule has 25 N–H and O–H groups in total. The molecule has 0 aliphatic heterocycles. The zero-order chi connectivity index (χ0) is 107. The van der Waals surface area contributed by atoms with Crippen LogP contribution in [0.5, 0.6) is 0 Å². The van der Waals surface area contributed by atoms with Crippen LogP contribution >= 0.6 is 0 Å². The van der Waals surface area contributed by atoms with Gasteiger partial charge in [-0.05, 0) is 307 Å². The molecule has 0 aliphatic rings. The third-order valence-electron chi connectivity index (χ3n) is 22.1. The lowest BCUT2D eigenvalue weighted by Crippen LogP contribution is -2.64. The standard InChI is InChI=1S/C93H171N25O21/c1-28-94-48-38-33-43-60(104-79(135)89(18,19)109-59(7)120)69(125)115-85(10,11)75(131)100-54-65(121)111-91(22,23)81(137)106-62(45-35-40-50-96-30-3)71(127)117-87(14,15)77(133)102-56-67(123)113-93(26,27)83(139)108-64(47-37-42-52-98-32-5)73(129)118-88(16,17)78(134)103-57-68(124)112-92(24,25)82(138)107-63(46-36-41-51-97-31-4)72(128)116-86(12,13)76(132)101-55-66(122)110-90(20,21)80(136)105-61(44-34-39-49-95-29-2)70(126)114-84(8,9)74(130)99-53-58(6)119/h60-64,94-98H,28-57H2,1-27H3,(H,99,130)(H,100,131)(H,101,132)(H,102,133)(H,103,134)(H,104,135)(H,105,136)(H,106,137)(H,107,138)(H,108,139)(H,109,120)(H,110,122)(H,111,121)(H,112,124)(H,113,123)(H,114,126)(H,115,125)(H,116,128)(H,117,127)(H,118,129). The Kier molecular flexibility index (Phi) is 55.9. The molecule has 139 heavy (non-hydrogen) atoms. The highest BCUT2D eigenvalue weighted by Gasteiger charge is 2.44. The molecule has 0 saturated heterocycles. The maximum atomic E-state index is 14.3. The Morgan fingerprint density at radius 2 is 0.345 bits per heavy atom. The predicted molar refractivity (Wildman–Crippen MR) is 525 cm³/mol. The molecule has 0 saturated carbocycles. The number of amides is 20. The van der Waals surface area contributed by atoms with Crippen molar-refractivity contribution < 1.29 is 101 Å². The first kappa shape index (κ1) is 128. The van der Waals surface area contributed by atoms with Crippen LogP contribution in [0, 0.1) is 0 Å². The number of unbranched alkanes of at least 4 members (excludes halogenated alkanes) is 5. The van der Waals surface area contributed by atoms with Gasteiger partial charge in [0.15, 0.2) is 0 Å². The summed E-state index contributed by atoms with van der Waals surface area (Å²) in [5.74, 6) is -16.0. The second kappa shape index (κ2) is 60.8. The molecule has 0 rings (SSSR count). The molecule has 20 amide bonds. The fourth-order valence-corrected chi connectivity index (χ4v) is 13.4. The summed E-state index contributed by atoms with van der Waals surface area (Å²) in [5, 5.41) is 67.5. The molecule has 0 fully saturated rings. The first-order valence-electron chi connectivity index (χ1n) is 48.3. The lowest BCUT2D eigenvalue weighted by molar-refractivity contribution is -0.138. The van der Waals surface area contributed by atoms with E-state index in [0.717, 1.165) is 6.54 Å². The lowest BCUT2D eigenvalue weighted by Gasteiger charge is -2.32. The topological polar surface area (TPSA) is 659 Å². The van der Waals surface area contributed by atoms with Gasteiger partial charge in [-0.3, -0.25) is 101 Å². The molecule has 0 aromatic heterocycles. The second-order valence-corrected chi connectivity index (χ2v) is 40.1. The van der Waals surface area contributed by atoms with E-state index in [4.69, 9.17) is 0 Å². The largest absolute Gasteiger partial charge is 0.347 e. The Hall–Kier alpha value is -11.1. The first-order valence-corrected chi connectivity index (χ1v) is 48.3. The van der Waals surface area contributed by atoms with Crippen molar-refractivity contribution in [1.29, 1.82) is 0 Å². The summed E-state index contributed by atoms with van der Waals surface area (Å²) < 4.78 is 0. The van der Waals surface area contributed by atoms with Crippen molar-refractivity contribution in [3.8, 4) is 0 Å². The fourth-order valence-electron chi connectivity index (χ4n) is 13.4. The number of ketones is 1. The van der Waals surface area contributed by atoms with Gasteiger partial charge in [-0.25, -0.2) is 0 Å². The third kappa shape index (κ3) is 50.0. The molecule has 5 atom stereocenters. The molecule has 0 heterocycles. The van der Waals surface area contributed by atoms with E-state index in [2.05, 4.69) is 133 Å². The number of rotatable bonds is 70. The van der Waals surface area contributed by atoms with Crippen LogP contribution in [0.2, 0.25) is 0 Å². The Bertz CT molecular complexity index is 4120. The van der Waals surface area contributed by atoms with Gasteiger partial charge in [0, 0.05) is 6.92 Å². The minimum Gasteiger partial charge on any atom is -0.347 e. The Balaban J connectivity index is 6.33. The number of Topliss-reactive ketones (excluding diaryl/α,β-unsaturated/α-hetero) is 1. The van der Waals surface area contributed by atoms with Gasteiger partial charge in [0.25, 0.3) is 0 Å². The van der Waals surface area contributed by atoms with Crippen LogP contribution in [0.15, 0.2) is 0 Å². The predicted octanol–water partition coefficient (Wildman–Crippen LogP) is -3.55. The molecule has 0 aromatic rings. The Morgan fingerprint density at radius 3 is 0.496 bits per heavy atom. The normalized spacial score (nSPS) is 13.2. The summed E-state index contributed by atoms with van der Waals surface area (Å²) in [5.41, 5.74) is -16.8. The van der Waals surface area contributed by atoms with Crippen LogP contribution in [0.25, 0.3) is 0 Å². The van der Waals surface area contributed by atoms with Crippen LogP contribution in [0.1, 0.15) is 283 Å². The average Bonchev–Trinajstić information content (AvgIpc) is 0.850. The van der Waals surface area contributed by atoms with E-state index < -0.39 is 230 Å². The average molecular weight is 1980 g/mol. The quantitative estimate of drug-likeness (QED) is 0.0262. The van der Waals surface area contributed by atoms with Crippen molar-refractivity contribution in [1.82, 2.24) is 133 Å². The van der Waals surface area contributed by atoms with Gasteiger partial charge in [0.1, 0.15) is 91.4 Å². The number of carbonyl (C=O) groups excluding carboxylic acids is 21. The summed E-state index contributed by atoms with van der Waals surface area (Å²) in [6.07, 6.45) is 5.64. The summed E-state index contributed by atoms with van der Waals surface area (Å²) in [7, 11) is 0. The van der Waals surface area contributed by atoms with E-state index >= 15 is 0 Å². The third-order valence-corrected chi connectivity index (χ3v) is 22.1. The smallest absolute Gasteiger partial charge is 0.245 e. The number of nitrogens with one attached hydrogen (secondary N) is 25. The summed E-state index contributed by atoms with van der Waals surface area (Å²) in [6, 6.07) is -6.19. The number of hydrogen-bond donors (Lipinski definition) is 25. The maximum Gasteiger partial charge on any atom is 0.245 e. The molecule has 0 bridgehead atoms. The van der Waals surface area contributed by atoms with Gasteiger partial charge in [0.05, 0.1) is 32.7 Å². The molecule has 46 heteroatoms. The maximum absolute atomic E-state index is 14.3. The molecule has 46 nitrogen and oxygen atoms in total. The zero-order valence-electron chi connectivity index (χ0n) is 87.7. The minimum atomic E-state index is -1.78. The highest BCUT2D eigenvalue weighted by atomic mass is 16.2. The number of hydrogen-bond acceptors (Lipinski definition) is 26. The van der Waals surface area contributed by atoms with Gasteiger partial charge in [-0.15, -0.1) is 0 Å². The van der Waals surface area contributed by atoms with Crippen molar-refractivity contribution >= 4 is 124 Å². The van der Waals surface area contributed by atoms with Crippen LogP contribution in [-0.2, 0) is 101 Å². The lowest BCUT2D eigenvalue weighted by atomic mass is 9.99. The number of carbonyl (C=O) groups is 21. The van der Waals surface area contributed by atoms with Crippen molar-refractivity contribution in [2.45, 2.75) is 369 Å². The van der Waals surface area contributed by atoms with Gasteiger partial charge in [0.2, 0.25) is 118 Å². The van der Waals surface area contributed by atoms with Crippen LogP contribution in [0.4, 0.5) is 0 Å². The molecule has 0 aromatic carbocycles. The Morgan fingerprint density at radius 1 is 0.194 bits per heavy atom. The minimum absolute atomic E-state index is 0.0363. The molecular formula is C93H171N25O21. The zero-order valence-corrected chi connectivity index (χ0v) is 87.7. The first-order chi connectivity index (χ1) is 64.2.